The molecule has 0 aliphatic carbocycles. The van der Waals surface area contributed by atoms with Gasteiger partial charge in [0.05, 0.1) is 16.3 Å². The number of azo groups is 1. The SMILES string of the molecule is Nc1ccc(N=Nc2ccc([O-])c(C(=O)O)c2)c(Cl)c1.[Na+]. The summed E-state index contributed by atoms with van der Waals surface area (Å²) in [5.41, 5.74) is 6.33. The van der Waals surface area contributed by atoms with E-state index in [1.165, 1.54) is 12.1 Å². The molecule has 2 aromatic rings. The molecule has 0 unspecified atom stereocenters. The molecule has 8 heteroatoms. The Morgan fingerprint density at radius 1 is 1.19 bits per heavy atom. The van der Waals surface area contributed by atoms with Crippen molar-refractivity contribution in [1.82, 2.24) is 0 Å². The summed E-state index contributed by atoms with van der Waals surface area (Å²) < 4.78 is 0. The number of aromatic carboxylic acids is 1. The van der Waals surface area contributed by atoms with Gasteiger partial charge in [0.15, 0.2) is 0 Å². The van der Waals surface area contributed by atoms with Crippen LogP contribution in [0.3, 0.4) is 0 Å². The molecule has 0 bridgehead atoms. The number of anilines is 1. The number of halogens is 1. The maximum absolute atomic E-state index is 11.3. The Balaban J connectivity index is 0.00000220. The molecule has 0 heterocycles. The normalized spacial score (nSPS) is 10.3. The Morgan fingerprint density at radius 3 is 2.52 bits per heavy atom. The third-order valence-electron chi connectivity index (χ3n) is 2.44. The summed E-state index contributed by atoms with van der Waals surface area (Å²) in [5, 5.41) is 28.2. The van der Waals surface area contributed by atoms with Gasteiger partial charge < -0.3 is 15.9 Å². The minimum Gasteiger partial charge on any atom is -0.872 e. The van der Waals surface area contributed by atoms with Crippen LogP contribution < -0.4 is 40.4 Å². The van der Waals surface area contributed by atoms with Crippen LogP contribution in [0.25, 0.3) is 0 Å². The van der Waals surface area contributed by atoms with Gasteiger partial charge in [-0.25, -0.2) is 4.79 Å². The summed E-state index contributed by atoms with van der Waals surface area (Å²) in [6.07, 6.45) is 0. The Hall–Kier alpha value is -1.60. The van der Waals surface area contributed by atoms with E-state index in [9.17, 15) is 9.90 Å². The Bertz CT molecular complexity index is 707. The van der Waals surface area contributed by atoms with Crippen molar-refractivity contribution >= 4 is 34.6 Å². The molecular formula is C13H9ClN3NaO3. The Kier molecular flexibility index (Phi) is 6.17. The van der Waals surface area contributed by atoms with Crippen LogP contribution in [0.15, 0.2) is 46.6 Å². The minimum absolute atomic E-state index is 0. The van der Waals surface area contributed by atoms with Crippen molar-refractivity contribution in [2.24, 2.45) is 10.2 Å². The van der Waals surface area contributed by atoms with E-state index in [4.69, 9.17) is 22.4 Å². The monoisotopic (exact) mass is 313 g/mol. The fourth-order valence-corrected chi connectivity index (χ4v) is 1.69. The van der Waals surface area contributed by atoms with Crippen LogP contribution in [0.2, 0.25) is 5.02 Å². The zero-order chi connectivity index (χ0) is 14.7. The molecule has 0 saturated heterocycles. The number of carboxylic acid groups (broad SMARTS) is 1. The third kappa shape index (κ3) is 4.44. The molecule has 0 amide bonds. The number of hydrogen-bond donors (Lipinski definition) is 2. The summed E-state index contributed by atoms with van der Waals surface area (Å²) in [6, 6.07) is 8.38. The predicted octanol–water partition coefficient (Wildman–Crippen LogP) is 0.113. The van der Waals surface area contributed by atoms with Crippen molar-refractivity contribution < 1.29 is 44.6 Å². The van der Waals surface area contributed by atoms with Crippen molar-refractivity contribution in [2.75, 3.05) is 5.73 Å². The van der Waals surface area contributed by atoms with Gasteiger partial charge in [-0.05, 0) is 30.3 Å². The molecule has 0 saturated carbocycles. The van der Waals surface area contributed by atoms with Gasteiger partial charge in [0.2, 0.25) is 0 Å². The van der Waals surface area contributed by atoms with E-state index in [0.29, 0.717) is 16.4 Å². The number of nitrogen functional groups attached to an aromatic ring is 1. The summed E-state index contributed by atoms with van der Waals surface area (Å²) >= 11 is 5.92. The molecule has 21 heavy (non-hydrogen) atoms. The Labute approximate surface area is 147 Å². The Morgan fingerprint density at radius 2 is 1.90 bits per heavy atom. The van der Waals surface area contributed by atoms with E-state index >= 15 is 0 Å². The standard InChI is InChI=1S/C13H10ClN3O3.Na/c14-10-5-7(15)1-3-11(10)17-16-8-2-4-12(18)9(6-8)13(19)20;/h1-6,18H,15H2,(H,19,20);/q;+1/p-1. The predicted molar refractivity (Wildman–Crippen MR) is 72.9 cm³/mol. The maximum Gasteiger partial charge on any atom is 1.00 e. The van der Waals surface area contributed by atoms with Gasteiger partial charge in [-0.2, -0.15) is 5.11 Å². The fraction of sp³-hybridized carbons (Fsp3) is 0. The van der Waals surface area contributed by atoms with E-state index in [-0.39, 0.29) is 40.8 Å². The van der Waals surface area contributed by atoms with E-state index in [1.807, 2.05) is 0 Å². The topological polar surface area (TPSA) is 111 Å². The van der Waals surface area contributed by atoms with Crippen LogP contribution >= 0.6 is 11.6 Å². The smallest absolute Gasteiger partial charge is 0.872 e. The molecule has 0 radical (unpaired) electrons. The molecule has 2 rings (SSSR count). The molecule has 2 aromatic carbocycles. The number of rotatable bonds is 3. The second kappa shape index (κ2) is 7.42. The van der Waals surface area contributed by atoms with Crippen LogP contribution in [0.4, 0.5) is 17.1 Å². The molecule has 6 nitrogen and oxygen atoms in total. The van der Waals surface area contributed by atoms with Gasteiger partial charge in [-0.15, -0.1) is 5.11 Å². The first-order valence-corrected chi connectivity index (χ1v) is 5.86. The third-order valence-corrected chi connectivity index (χ3v) is 2.74. The van der Waals surface area contributed by atoms with E-state index < -0.39 is 11.7 Å². The number of benzene rings is 2. The summed E-state index contributed by atoms with van der Waals surface area (Å²) in [7, 11) is 0. The summed E-state index contributed by atoms with van der Waals surface area (Å²) in [5.74, 6) is -1.89. The molecule has 0 aromatic heterocycles. The van der Waals surface area contributed by atoms with Gasteiger partial charge in [-0.1, -0.05) is 23.4 Å². The molecule has 0 aliphatic rings. The van der Waals surface area contributed by atoms with Crippen molar-refractivity contribution in [3.8, 4) is 5.75 Å². The van der Waals surface area contributed by atoms with Gasteiger partial charge in [-0.3, -0.25) is 0 Å². The number of carboxylic acids is 1. The molecule has 102 valence electrons. The fourth-order valence-electron chi connectivity index (χ4n) is 1.46. The molecule has 0 fully saturated rings. The van der Waals surface area contributed by atoms with E-state index in [0.717, 1.165) is 12.1 Å². The van der Waals surface area contributed by atoms with Gasteiger partial charge in [0.1, 0.15) is 5.69 Å². The zero-order valence-corrected chi connectivity index (χ0v) is 13.8. The average molecular weight is 314 g/mol. The van der Waals surface area contributed by atoms with E-state index in [1.54, 1.807) is 12.1 Å². The first-order chi connectivity index (χ1) is 9.47. The largest absolute Gasteiger partial charge is 1.00 e. The second-order valence-electron chi connectivity index (χ2n) is 3.90. The first kappa shape index (κ1) is 17.5. The average Bonchev–Trinajstić information content (AvgIpc) is 2.39. The van der Waals surface area contributed by atoms with Gasteiger partial charge >= 0.3 is 35.5 Å². The number of carbonyl (C=O) groups is 1. The number of hydrogen-bond acceptors (Lipinski definition) is 5. The van der Waals surface area contributed by atoms with E-state index in [2.05, 4.69) is 10.2 Å². The minimum atomic E-state index is -1.31. The van der Waals surface area contributed by atoms with Crippen molar-refractivity contribution in [3.63, 3.8) is 0 Å². The summed E-state index contributed by atoms with van der Waals surface area (Å²) in [4.78, 5) is 10.8. The van der Waals surface area contributed by atoms with Crippen LogP contribution in [-0.4, -0.2) is 11.1 Å². The van der Waals surface area contributed by atoms with Gasteiger partial charge in [0, 0.05) is 5.69 Å². The molecule has 3 N–H and O–H groups in total. The number of nitrogens with zero attached hydrogens (tertiary/aromatic N) is 2. The van der Waals surface area contributed by atoms with Crippen molar-refractivity contribution in [2.45, 2.75) is 0 Å². The van der Waals surface area contributed by atoms with Gasteiger partial charge in [0.25, 0.3) is 0 Å². The van der Waals surface area contributed by atoms with Crippen LogP contribution in [-0.2, 0) is 0 Å². The van der Waals surface area contributed by atoms with Crippen LogP contribution in [0, 0.1) is 0 Å². The molecule has 0 atom stereocenters. The van der Waals surface area contributed by atoms with Crippen LogP contribution in [0.5, 0.6) is 5.75 Å². The molecule has 0 spiro atoms. The number of nitrogens with two attached hydrogens (primary N) is 1. The van der Waals surface area contributed by atoms with Crippen molar-refractivity contribution in [3.05, 3.63) is 47.0 Å². The summed E-state index contributed by atoms with van der Waals surface area (Å²) in [6.45, 7) is 0. The quantitative estimate of drug-likeness (QED) is 0.476. The zero-order valence-electron chi connectivity index (χ0n) is 11.1. The van der Waals surface area contributed by atoms with Crippen molar-refractivity contribution in [1.29, 1.82) is 0 Å². The maximum atomic E-state index is 11.3. The molecular weight excluding hydrogens is 305 g/mol. The van der Waals surface area contributed by atoms with Crippen LogP contribution in [0.1, 0.15) is 10.4 Å². The second-order valence-corrected chi connectivity index (χ2v) is 4.30. The first-order valence-electron chi connectivity index (χ1n) is 5.48. The molecule has 0 aliphatic heterocycles.